The number of aromatic nitrogens is 3. The van der Waals surface area contributed by atoms with Gasteiger partial charge in [0.15, 0.2) is 5.65 Å². The molecule has 10 heteroatoms. The van der Waals surface area contributed by atoms with Crippen molar-refractivity contribution >= 4 is 28.6 Å². The Morgan fingerprint density at radius 3 is 2.55 bits per heavy atom. The van der Waals surface area contributed by atoms with Gasteiger partial charge in [0.05, 0.1) is 17.3 Å². The predicted octanol–water partition coefficient (Wildman–Crippen LogP) is 1.17. The van der Waals surface area contributed by atoms with Gasteiger partial charge in [-0.1, -0.05) is 0 Å². The minimum Gasteiger partial charge on any atom is -0.478 e. The molecule has 0 saturated heterocycles. The molecule has 2 N–H and O–H groups in total. The van der Waals surface area contributed by atoms with Gasteiger partial charge in [-0.05, 0) is 0 Å². The van der Waals surface area contributed by atoms with Gasteiger partial charge in [0.1, 0.15) is 5.56 Å². The number of carboxylic acids is 1. The molecule has 20 heavy (non-hydrogen) atoms. The van der Waals surface area contributed by atoms with E-state index in [2.05, 4.69) is 10.1 Å². The second-order valence-electron chi connectivity index (χ2n) is 3.81. The van der Waals surface area contributed by atoms with Gasteiger partial charge >= 0.3 is 18.1 Å². The topological polar surface area (TPSA) is 97.1 Å². The number of hydrogen-bond acceptors (Lipinski definition) is 4. The molecule has 2 aromatic rings. The van der Waals surface area contributed by atoms with Gasteiger partial charge in [-0.15, -0.1) is 0 Å². The second kappa shape index (κ2) is 4.47. The number of nitrogens with zero attached hydrogens (tertiary/aromatic N) is 3. The first-order valence-corrected chi connectivity index (χ1v) is 5.14. The fourth-order valence-corrected chi connectivity index (χ4v) is 1.58. The lowest BCUT2D eigenvalue weighted by atomic mass is 10.2. The number of rotatable bonds is 2. The van der Waals surface area contributed by atoms with Crippen LogP contribution in [0.3, 0.4) is 0 Å². The third kappa shape index (κ3) is 2.27. The number of halogens is 3. The zero-order chi connectivity index (χ0) is 15.1. The molecule has 0 radical (unpaired) electrons. The molecule has 0 aromatic carbocycles. The van der Waals surface area contributed by atoms with Crippen LogP contribution in [0.25, 0.3) is 11.0 Å². The molecular weight excluding hydrogens is 281 g/mol. The summed E-state index contributed by atoms with van der Waals surface area (Å²) in [5.41, 5.74) is -0.895. The van der Waals surface area contributed by atoms with Crippen molar-refractivity contribution in [1.82, 2.24) is 14.8 Å². The van der Waals surface area contributed by atoms with Crippen molar-refractivity contribution in [3.8, 4) is 0 Å². The molecule has 0 aliphatic carbocycles. The van der Waals surface area contributed by atoms with Crippen molar-refractivity contribution in [3.63, 3.8) is 0 Å². The van der Waals surface area contributed by atoms with E-state index in [0.717, 1.165) is 12.4 Å². The number of amides is 1. The summed E-state index contributed by atoms with van der Waals surface area (Å²) in [4.78, 5) is 25.8. The highest BCUT2D eigenvalue weighted by Crippen LogP contribution is 2.27. The summed E-state index contributed by atoms with van der Waals surface area (Å²) in [5, 5.41) is 14.3. The standard InChI is InChI=1S/C10H7F3N4O3/c1-17-7-4(3-15-17)6(5(2-14-7)8(18)19)16-9(20)10(11,12)13/h2-3H,1H3,(H,18,19)(H,14,16,20). The quantitative estimate of drug-likeness (QED) is 0.864. The maximum absolute atomic E-state index is 12.3. The van der Waals surface area contributed by atoms with Crippen molar-refractivity contribution in [2.24, 2.45) is 7.05 Å². The first kappa shape index (κ1) is 13.8. The normalized spacial score (nSPS) is 11.6. The molecule has 0 aliphatic heterocycles. The number of hydrogen-bond donors (Lipinski definition) is 2. The Morgan fingerprint density at radius 2 is 2.00 bits per heavy atom. The summed E-state index contributed by atoms with van der Waals surface area (Å²) in [7, 11) is 1.48. The monoisotopic (exact) mass is 288 g/mol. The van der Waals surface area contributed by atoms with Crippen molar-refractivity contribution in [2.45, 2.75) is 6.18 Å². The third-order valence-corrected chi connectivity index (χ3v) is 2.49. The van der Waals surface area contributed by atoms with Crippen LogP contribution in [-0.4, -0.2) is 37.9 Å². The molecule has 0 aliphatic rings. The maximum atomic E-state index is 12.3. The van der Waals surface area contributed by atoms with Gasteiger partial charge in [-0.25, -0.2) is 9.78 Å². The van der Waals surface area contributed by atoms with Crippen LogP contribution in [0.5, 0.6) is 0 Å². The van der Waals surface area contributed by atoms with Crippen molar-refractivity contribution in [2.75, 3.05) is 5.32 Å². The van der Waals surface area contributed by atoms with E-state index in [9.17, 15) is 22.8 Å². The lowest BCUT2D eigenvalue weighted by molar-refractivity contribution is -0.167. The highest BCUT2D eigenvalue weighted by atomic mass is 19.4. The Labute approximate surface area is 109 Å². The number of carbonyl (C=O) groups is 2. The number of carboxylic acid groups (broad SMARTS) is 1. The Balaban J connectivity index is 2.61. The fraction of sp³-hybridized carbons (Fsp3) is 0.200. The summed E-state index contributed by atoms with van der Waals surface area (Å²) in [6.07, 6.45) is -3.15. The number of anilines is 1. The summed E-state index contributed by atoms with van der Waals surface area (Å²) in [6, 6.07) is 0. The van der Waals surface area contributed by atoms with Crippen molar-refractivity contribution in [3.05, 3.63) is 18.0 Å². The summed E-state index contributed by atoms with van der Waals surface area (Å²) >= 11 is 0. The maximum Gasteiger partial charge on any atom is 0.471 e. The predicted molar refractivity (Wildman–Crippen MR) is 60.2 cm³/mol. The van der Waals surface area contributed by atoms with E-state index in [1.807, 2.05) is 0 Å². The van der Waals surface area contributed by atoms with Gasteiger partial charge in [0, 0.05) is 13.2 Å². The van der Waals surface area contributed by atoms with Gasteiger partial charge in [-0.3, -0.25) is 9.48 Å². The van der Waals surface area contributed by atoms with Gasteiger partial charge in [0.25, 0.3) is 0 Å². The molecule has 2 heterocycles. The minimum atomic E-state index is -5.13. The van der Waals surface area contributed by atoms with E-state index in [1.165, 1.54) is 11.7 Å². The van der Waals surface area contributed by atoms with Crippen LogP contribution in [0.1, 0.15) is 10.4 Å². The van der Waals surface area contributed by atoms with Crippen molar-refractivity contribution in [1.29, 1.82) is 0 Å². The molecule has 0 atom stereocenters. The molecule has 1 amide bonds. The van der Waals surface area contributed by atoms with Crippen LogP contribution < -0.4 is 5.32 Å². The Morgan fingerprint density at radius 1 is 1.35 bits per heavy atom. The van der Waals surface area contributed by atoms with E-state index >= 15 is 0 Å². The highest BCUT2D eigenvalue weighted by molar-refractivity contribution is 6.09. The van der Waals surface area contributed by atoms with Crippen LogP contribution >= 0.6 is 0 Å². The molecule has 0 spiro atoms. The van der Waals surface area contributed by atoms with Crippen LogP contribution in [0, 0.1) is 0 Å². The lowest BCUT2D eigenvalue weighted by Crippen LogP contribution is -2.30. The van der Waals surface area contributed by atoms with Gasteiger partial charge in [0.2, 0.25) is 0 Å². The van der Waals surface area contributed by atoms with Crippen LogP contribution in [0.15, 0.2) is 12.4 Å². The number of nitrogens with one attached hydrogen (secondary N) is 1. The number of carbonyl (C=O) groups excluding carboxylic acids is 1. The van der Waals surface area contributed by atoms with Crippen LogP contribution in [0.4, 0.5) is 18.9 Å². The first-order valence-electron chi connectivity index (χ1n) is 5.14. The minimum absolute atomic E-state index is 0.00463. The number of pyridine rings is 1. The van der Waals surface area contributed by atoms with E-state index in [4.69, 9.17) is 5.11 Å². The highest BCUT2D eigenvalue weighted by Gasteiger charge is 2.39. The average molecular weight is 288 g/mol. The third-order valence-electron chi connectivity index (χ3n) is 2.49. The van der Waals surface area contributed by atoms with Crippen molar-refractivity contribution < 1.29 is 27.9 Å². The molecule has 7 nitrogen and oxygen atoms in total. The first-order chi connectivity index (χ1) is 9.21. The number of aryl methyl sites for hydroxylation is 1. The Kier molecular flexibility index (Phi) is 3.08. The molecule has 106 valence electrons. The Bertz CT molecular complexity index is 708. The SMILES string of the molecule is Cn1ncc2c(NC(=O)C(F)(F)F)c(C(=O)O)cnc21. The van der Waals surface area contributed by atoms with E-state index < -0.39 is 29.3 Å². The fourth-order valence-electron chi connectivity index (χ4n) is 1.58. The van der Waals surface area contributed by atoms with Crippen LogP contribution in [-0.2, 0) is 11.8 Å². The molecule has 0 unspecified atom stereocenters. The zero-order valence-corrected chi connectivity index (χ0v) is 9.89. The van der Waals surface area contributed by atoms with E-state index in [0.29, 0.717) is 0 Å². The zero-order valence-electron chi connectivity index (χ0n) is 9.89. The van der Waals surface area contributed by atoms with Crippen LogP contribution in [0.2, 0.25) is 0 Å². The number of alkyl halides is 3. The summed E-state index contributed by atoms with van der Waals surface area (Å²) in [5.74, 6) is -3.78. The van der Waals surface area contributed by atoms with E-state index in [-0.39, 0.29) is 11.0 Å². The smallest absolute Gasteiger partial charge is 0.471 e. The number of fused-ring (bicyclic) bond motifs is 1. The van der Waals surface area contributed by atoms with Gasteiger partial charge < -0.3 is 10.4 Å². The number of aromatic carboxylic acids is 1. The molecular formula is C10H7F3N4O3. The molecule has 2 rings (SSSR count). The molecule has 2 aromatic heterocycles. The lowest BCUT2D eigenvalue weighted by Gasteiger charge is -2.11. The molecule has 0 bridgehead atoms. The largest absolute Gasteiger partial charge is 0.478 e. The Hall–Kier alpha value is -2.65. The molecule has 0 saturated carbocycles. The van der Waals surface area contributed by atoms with Gasteiger partial charge in [-0.2, -0.15) is 18.3 Å². The second-order valence-corrected chi connectivity index (χ2v) is 3.81. The molecule has 0 fully saturated rings. The average Bonchev–Trinajstić information content (AvgIpc) is 2.70. The van der Waals surface area contributed by atoms with E-state index in [1.54, 1.807) is 5.32 Å². The summed E-state index contributed by atoms with van der Waals surface area (Å²) < 4.78 is 38.1. The summed E-state index contributed by atoms with van der Waals surface area (Å²) in [6.45, 7) is 0.